The van der Waals surface area contributed by atoms with E-state index in [1.807, 2.05) is 0 Å². The molecule has 0 saturated carbocycles. The number of nitrogens with one attached hydrogen (secondary N) is 2. The predicted octanol–water partition coefficient (Wildman–Crippen LogP) is 2.88. The summed E-state index contributed by atoms with van der Waals surface area (Å²) >= 11 is 1.77. The van der Waals surface area contributed by atoms with Crippen LogP contribution in [0.2, 0.25) is 0 Å². The number of piperidine rings is 1. The van der Waals surface area contributed by atoms with Gasteiger partial charge in [-0.3, -0.25) is 9.89 Å². The van der Waals surface area contributed by atoms with Crippen LogP contribution in [0.4, 0.5) is 5.13 Å². The van der Waals surface area contributed by atoms with Crippen LogP contribution in [0.5, 0.6) is 0 Å². The normalized spacial score (nSPS) is 19.2. The zero-order chi connectivity index (χ0) is 19.8. The summed E-state index contributed by atoms with van der Waals surface area (Å²) in [5, 5.41) is 10.4. The Balaban J connectivity index is 1.44. The molecule has 6 nitrogen and oxygen atoms in total. The molecule has 2 N–H and O–H groups in total. The van der Waals surface area contributed by atoms with Gasteiger partial charge in [-0.05, 0) is 39.5 Å². The molecule has 0 spiro atoms. The number of aromatic nitrogens is 1. The summed E-state index contributed by atoms with van der Waals surface area (Å²) in [6.07, 6.45) is 5.80. The highest BCUT2D eigenvalue weighted by atomic mass is 32.1. The van der Waals surface area contributed by atoms with E-state index in [9.17, 15) is 0 Å². The number of nitrogens with zero attached hydrogens (tertiary/aromatic N) is 4. The fraction of sp³-hybridized carbons (Fsp3) is 0.714. The molecule has 3 rings (SSSR count). The van der Waals surface area contributed by atoms with Gasteiger partial charge in [0, 0.05) is 63.7 Å². The molecule has 0 aliphatic carbocycles. The minimum absolute atomic E-state index is 0.500. The van der Waals surface area contributed by atoms with Crippen LogP contribution in [0.25, 0.3) is 0 Å². The number of aliphatic imine (C=N–C) groups is 1. The molecule has 7 heteroatoms. The minimum atomic E-state index is 0.500. The molecule has 2 aliphatic heterocycles. The molecular weight excluding hydrogens is 368 g/mol. The Bertz CT molecular complexity index is 641. The molecule has 156 valence electrons. The van der Waals surface area contributed by atoms with Gasteiger partial charge < -0.3 is 15.5 Å². The Kier molecular flexibility index (Phi) is 8.15. The van der Waals surface area contributed by atoms with Crippen molar-refractivity contribution < 1.29 is 0 Å². The molecule has 3 heterocycles. The lowest BCUT2D eigenvalue weighted by Gasteiger charge is -2.33. The summed E-state index contributed by atoms with van der Waals surface area (Å²) in [7, 11) is 0. The summed E-state index contributed by atoms with van der Waals surface area (Å²) in [5.41, 5.74) is 2.41. The first-order valence-electron chi connectivity index (χ1n) is 10.7. The average Bonchev–Trinajstić information content (AvgIpc) is 3.34. The Morgan fingerprint density at radius 3 is 2.71 bits per heavy atom. The van der Waals surface area contributed by atoms with E-state index in [4.69, 9.17) is 9.98 Å². The largest absolute Gasteiger partial charge is 0.357 e. The second-order valence-electron chi connectivity index (χ2n) is 7.98. The molecular formula is C21H36N6S. The van der Waals surface area contributed by atoms with Crippen LogP contribution in [0, 0.1) is 0 Å². The molecule has 0 radical (unpaired) electrons. The molecule has 0 atom stereocenters. The maximum absolute atomic E-state index is 4.80. The number of thiazole rings is 1. The van der Waals surface area contributed by atoms with Crippen LogP contribution >= 0.6 is 11.3 Å². The lowest BCUT2D eigenvalue weighted by molar-refractivity contribution is 0.221. The predicted molar refractivity (Wildman–Crippen MR) is 121 cm³/mol. The number of guanidine groups is 1. The van der Waals surface area contributed by atoms with E-state index >= 15 is 0 Å². The van der Waals surface area contributed by atoms with E-state index in [0.29, 0.717) is 6.04 Å². The molecule has 28 heavy (non-hydrogen) atoms. The fourth-order valence-electron chi connectivity index (χ4n) is 3.88. The first kappa shape index (κ1) is 21.1. The summed E-state index contributed by atoms with van der Waals surface area (Å²) in [4.78, 5) is 14.5. The van der Waals surface area contributed by atoms with Gasteiger partial charge in [0.2, 0.25) is 0 Å². The summed E-state index contributed by atoms with van der Waals surface area (Å²) in [5.74, 6) is 0.941. The number of hydrogen-bond acceptors (Lipinski definition) is 5. The van der Waals surface area contributed by atoms with E-state index in [2.05, 4.69) is 46.2 Å². The monoisotopic (exact) mass is 404 g/mol. The van der Waals surface area contributed by atoms with Crippen LogP contribution in [-0.4, -0.2) is 67.7 Å². The van der Waals surface area contributed by atoms with Gasteiger partial charge in [0.15, 0.2) is 11.1 Å². The van der Waals surface area contributed by atoms with Gasteiger partial charge in [-0.1, -0.05) is 12.2 Å². The maximum Gasteiger partial charge on any atom is 0.191 e. The van der Waals surface area contributed by atoms with Crippen molar-refractivity contribution in [3.8, 4) is 0 Å². The molecule has 0 bridgehead atoms. The zero-order valence-electron chi connectivity index (χ0n) is 17.5. The summed E-state index contributed by atoms with van der Waals surface area (Å²) in [6.45, 7) is 15.5. The van der Waals surface area contributed by atoms with E-state index in [0.717, 1.165) is 71.0 Å². The van der Waals surface area contributed by atoms with Crippen LogP contribution in [-0.2, 0) is 6.42 Å². The van der Waals surface area contributed by atoms with E-state index in [1.165, 1.54) is 29.2 Å². The van der Waals surface area contributed by atoms with Crippen LogP contribution in [0.1, 0.15) is 45.2 Å². The number of anilines is 1. The zero-order valence-corrected chi connectivity index (χ0v) is 18.4. The molecule has 1 aromatic heterocycles. The van der Waals surface area contributed by atoms with Gasteiger partial charge in [0.05, 0.1) is 5.69 Å². The van der Waals surface area contributed by atoms with E-state index < -0.39 is 0 Å². The average molecular weight is 405 g/mol. The molecule has 2 saturated heterocycles. The highest BCUT2D eigenvalue weighted by Gasteiger charge is 2.20. The third-order valence-corrected chi connectivity index (χ3v) is 6.27. The standard InChI is InChI=1S/C21H36N6S/c1-4-22-20(24-18-8-13-26(14-9-18)15-17(2)3)23-10-7-19-16-28-21(25-19)27-11-5-6-12-27/h16,18H,2,4-15H2,1,3H3,(H2,22,23,24). The van der Waals surface area contributed by atoms with Gasteiger partial charge >= 0.3 is 0 Å². The molecule has 0 aromatic carbocycles. The SMILES string of the molecule is C=C(C)CN1CCC(NC(=NCCc2csc(N3CCCC3)n2)NCC)CC1. The smallest absolute Gasteiger partial charge is 0.191 e. The van der Waals surface area contributed by atoms with Crippen LogP contribution in [0.3, 0.4) is 0 Å². The Morgan fingerprint density at radius 1 is 1.29 bits per heavy atom. The van der Waals surface area contributed by atoms with Crippen molar-refractivity contribution in [1.29, 1.82) is 0 Å². The Hall–Kier alpha value is -1.60. The van der Waals surface area contributed by atoms with Gasteiger partial charge in [0.25, 0.3) is 0 Å². The summed E-state index contributed by atoms with van der Waals surface area (Å²) < 4.78 is 0. The lowest BCUT2D eigenvalue weighted by Crippen LogP contribution is -2.49. The Labute approximate surface area is 174 Å². The van der Waals surface area contributed by atoms with Gasteiger partial charge in [-0.25, -0.2) is 4.98 Å². The van der Waals surface area contributed by atoms with Crippen molar-refractivity contribution in [1.82, 2.24) is 20.5 Å². The second-order valence-corrected chi connectivity index (χ2v) is 8.81. The topological polar surface area (TPSA) is 55.8 Å². The van der Waals surface area contributed by atoms with Crippen molar-refractivity contribution in [2.24, 2.45) is 4.99 Å². The van der Waals surface area contributed by atoms with Crippen molar-refractivity contribution in [2.75, 3.05) is 50.7 Å². The van der Waals surface area contributed by atoms with Crippen molar-refractivity contribution in [2.45, 2.75) is 52.0 Å². The molecule has 2 fully saturated rings. The first-order valence-corrected chi connectivity index (χ1v) is 11.6. The third-order valence-electron chi connectivity index (χ3n) is 5.32. The Morgan fingerprint density at radius 2 is 2.04 bits per heavy atom. The van der Waals surface area contributed by atoms with Gasteiger partial charge in [-0.2, -0.15) is 0 Å². The maximum atomic E-state index is 4.80. The van der Waals surface area contributed by atoms with Crippen LogP contribution in [0.15, 0.2) is 22.5 Å². The quantitative estimate of drug-likeness (QED) is 0.396. The first-order chi connectivity index (χ1) is 13.6. The lowest BCUT2D eigenvalue weighted by atomic mass is 10.0. The van der Waals surface area contributed by atoms with Gasteiger partial charge in [0.1, 0.15) is 0 Å². The van der Waals surface area contributed by atoms with Crippen molar-refractivity contribution in [3.63, 3.8) is 0 Å². The summed E-state index contributed by atoms with van der Waals surface area (Å²) in [6, 6.07) is 0.500. The molecule has 0 amide bonds. The molecule has 1 aromatic rings. The van der Waals surface area contributed by atoms with Crippen molar-refractivity contribution in [3.05, 3.63) is 23.2 Å². The van der Waals surface area contributed by atoms with E-state index in [-0.39, 0.29) is 0 Å². The number of hydrogen-bond donors (Lipinski definition) is 2. The highest BCUT2D eigenvalue weighted by Crippen LogP contribution is 2.24. The molecule has 0 unspecified atom stereocenters. The highest BCUT2D eigenvalue weighted by molar-refractivity contribution is 7.13. The van der Waals surface area contributed by atoms with Crippen LogP contribution < -0.4 is 15.5 Å². The third kappa shape index (κ3) is 6.48. The number of likely N-dealkylation sites (tertiary alicyclic amines) is 1. The number of rotatable bonds is 8. The minimum Gasteiger partial charge on any atom is -0.357 e. The van der Waals surface area contributed by atoms with Crippen molar-refractivity contribution >= 4 is 22.4 Å². The van der Waals surface area contributed by atoms with E-state index in [1.54, 1.807) is 11.3 Å². The molecule has 2 aliphatic rings. The van der Waals surface area contributed by atoms with Gasteiger partial charge in [-0.15, -0.1) is 11.3 Å². The fourth-order valence-corrected chi connectivity index (χ4v) is 4.79. The second kappa shape index (κ2) is 10.8.